The fourth-order valence-corrected chi connectivity index (χ4v) is 2.41. The van der Waals surface area contributed by atoms with Crippen molar-refractivity contribution in [2.75, 3.05) is 19.6 Å². The van der Waals surface area contributed by atoms with Crippen molar-refractivity contribution in [3.05, 3.63) is 34.3 Å². The molecular formula is C16H23BrN2O2. The first-order valence-corrected chi connectivity index (χ1v) is 8.13. The van der Waals surface area contributed by atoms with Crippen LogP contribution in [0.4, 0.5) is 0 Å². The molecule has 4 nitrogen and oxygen atoms in total. The van der Waals surface area contributed by atoms with Crippen LogP contribution < -0.4 is 5.32 Å². The van der Waals surface area contributed by atoms with Gasteiger partial charge in [0.1, 0.15) is 0 Å². The molecule has 0 saturated carbocycles. The van der Waals surface area contributed by atoms with Gasteiger partial charge in [0.2, 0.25) is 5.91 Å². The third kappa shape index (κ3) is 6.76. The van der Waals surface area contributed by atoms with Crippen molar-refractivity contribution in [1.29, 1.82) is 0 Å². The molecule has 1 rings (SSSR count). The van der Waals surface area contributed by atoms with Gasteiger partial charge < -0.3 is 10.2 Å². The zero-order chi connectivity index (χ0) is 15.7. The van der Waals surface area contributed by atoms with Crippen LogP contribution in [0.3, 0.4) is 0 Å². The molecule has 2 amide bonds. The maximum atomic E-state index is 12.0. The normalized spacial score (nSPS) is 10.2. The van der Waals surface area contributed by atoms with Gasteiger partial charge in [-0.05, 0) is 24.6 Å². The summed E-state index contributed by atoms with van der Waals surface area (Å²) in [6, 6.07) is 7.25. The molecule has 0 unspecified atom stereocenters. The zero-order valence-corrected chi connectivity index (χ0v) is 14.3. The van der Waals surface area contributed by atoms with Gasteiger partial charge in [-0.1, -0.05) is 41.8 Å². The molecule has 0 aliphatic heterocycles. The highest BCUT2D eigenvalue weighted by atomic mass is 79.9. The number of carbonyl (C=O) groups is 2. The molecule has 0 aliphatic carbocycles. The smallest absolute Gasteiger partial charge is 0.251 e. The van der Waals surface area contributed by atoms with E-state index in [9.17, 15) is 9.59 Å². The Labute approximate surface area is 135 Å². The highest BCUT2D eigenvalue weighted by Crippen LogP contribution is 2.11. The average molecular weight is 355 g/mol. The highest BCUT2D eigenvalue weighted by Gasteiger charge is 2.09. The summed E-state index contributed by atoms with van der Waals surface area (Å²) in [7, 11) is 0. The number of nitrogens with one attached hydrogen (secondary N) is 1. The topological polar surface area (TPSA) is 49.4 Å². The molecule has 0 heterocycles. The molecule has 0 aromatic heterocycles. The first kappa shape index (κ1) is 17.7. The molecule has 0 fully saturated rings. The van der Waals surface area contributed by atoms with Gasteiger partial charge in [0, 0.05) is 36.6 Å². The number of amides is 2. The fraction of sp³-hybridized carbons (Fsp3) is 0.500. The van der Waals surface area contributed by atoms with Gasteiger partial charge in [0.15, 0.2) is 0 Å². The number of halogens is 1. The van der Waals surface area contributed by atoms with Crippen molar-refractivity contribution in [3.8, 4) is 0 Å². The second kappa shape index (κ2) is 9.55. The molecule has 0 saturated heterocycles. The van der Waals surface area contributed by atoms with Crippen LogP contribution in [0.5, 0.6) is 0 Å². The number of rotatable bonds is 8. The number of benzene rings is 1. The van der Waals surface area contributed by atoms with Crippen molar-refractivity contribution in [2.45, 2.75) is 33.1 Å². The summed E-state index contributed by atoms with van der Waals surface area (Å²) >= 11 is 3.34. The largest absolute Gasteiger partial charge is 0.350 e. The highest BCUT2D eigenvalue weighted by molar-refractivity contribution is 9.10. The van der Waals surface area contributed by atoms with E-state index in [1.807, 2.05) is 12.1 Å². The number of carbonyl (C=O) groups excluding carboxylic acids is 2. The lowest BCUT2D eigenvalue weighted by molar-refractivity contribution is -0.128. The van der Waals surface area contributed by atoms with Crippen LogP contribution in [0.2, 0.25) is 0 Å². The Morgan fingerprint density at radius 1 is 1.24 bits per heavy atom. The first-order chi connectivity index (χ1) is 10.0. The van der Waals surface area contributed by atoms with Gasteiger partial charge in [-0.25, -0.2) is 0 Å². The van der Waals surface area contributed by atoms with E-state index < -0.39 is 0 Å². The minimum absolute atomic E-state index is 0.0582. The maximum Gasteiger partial charge on any atom is 0.251 e. The van der Waals surface area contributed by atoms with Gasteiger partial charge >= 0.3 is 0 Å². The van der Waals surface area contributed by atoms with Gasteiger partial charge in [0.25, 0.3) is 5.91 Å². The van der Waals surface area contributed by atoms with E-state index in [0.717, 1.165) is 30.3 Å². The standard InChI is InChI=1S/C16H23BrN2O2/c1-3-4-5-10-19(13(2)20)11-9-18-16(21)14-7-6-8-15(17)12-14/h6-8,12H,3-5,9-11H2,1-2H3,(H,18,21). The molecule has 0 atom stereocenters. The second-order valence-electron chi connectivity index (χ2n) is 4.98. The molecule has 116 valence electrons. The monoisotopic (exact) mass is 354 g/mol. The molecule has 0 radical (unpaired) electrons. The third-order valence-corrected chi connectivity index (χ3v) is 3.72. The average Bonchev–Trinajstić information content (AvgIpc) is 2.45. The molecule has 0 bridgehead atoms. The van der Waals surface area contributed by atoms with Gasteiger partial charge in [0.05, 0.1) is 0 Å². The van der Waals surface area contributed by atoms with Crippen LogP contribution in [-0.4, -0.2) is 36.3 Å². The zero-order valence-electron chi connectivity index (χ0n) is 12.7. The van der Waals surface area contributed by atoms with E-state index in [1.54, 1.807) is 24.0 Å². The van der Waals surface area contributed by atoms with Crippen molar-refractivity contribution < 1.29 is 9.59 Å². The van der Waals surface area contributed by atoms with E-state index >= 15 is 0 Å². The summed E-state index contributed by atoms with van der Waals surface area (Å²) in [4.78, 5) is 25.3. The van der Waals surface area contributed by atoms with Crippen LogP contribution >= 0.6 is 15.9 Å². The van der Waals surface area contributed by atoms with E-state index in [2.05, 4.69) is 28.2 Å². The molecule has 0 spiro atoms. The maximum absolute atomic E-state index is 12.0. The minimum atomic E-state index is -0.117. The van der Waals surface area contributed by atoms with Crippen LogP contribution in [0.15, 0.2) is 28.7 Å². The quantitative estimate of drug-likeness (QED) is 0.728. The Morgan fingerprint density at radius 3 is 2.62 bits per heavy atom. The summed E-state index contributed by atoms with van der Waals surface area (Å²) in [5.41, 5.74) is 0.615. The number of nitrogens with zero attached hydrogens (tertiary/aromatic N) is 1. The number of unbranched alkanes of at least 4 members (excludes halogenated alkanes) is 2. The predicted octanol–water partition coefficient (Wildman–Crippen LogP) is 3.22. The molecule has 5 heteroatoms. The summed E-state index contributed by atoms with van der Waals surface area (Å²) in [6.07, 6.45) is 3.26. The SMILES string of the molecule is CCCCCN(CCNC(=O)c1cccc(Br)c1)C(C)=O. The second-order valence-corrected chi connectivity index (χ2v) is 5.90. The van der Waals surface area contributed by atoms with Crippen molar-refractivity contribution >= 4 is 27.7 Å². The van der Waals surface area contributed by atoms with E-state index in [-0.39, 0.29) is 11.8 Å². The number of hydrogen-bond donors (Lipinski definition) is 1. The summed E-state index contributed by atoms with van der Waals surface area (Å²) in [5, 5.41) is 2.85. The molecular weight excluding hydrogens is 332 g/mol. The van der Waals surface area contributed by atoms with Gasteiger partial charge in [-0.2, -0.15) is 0 Å². The Hall–Kier alpha value is -1.36. The third-order valence-electron chi connectivity index (χ3n) is 3.23. The lowest BCUT2D eigenvalue weighted by Crippen LogP contribution is -2.38. The molecule has 1 aromatic rings. The van der Waals surface area contributed by atoms with Crippen molar-refractivity contribution in [2.24, 2.45) is 0 Å². The van der Waals surface area contributed by atoms with Gasteiger partial charge in [-0.15, -0.1) is 0 Å². The summed E-state index contributed by atoms with van der Waals surface area (Å²) < 4.78 is 0.875. The molecule has 0 aliphatic rings. The minimum Gasteiger partial charge on any atom is -0.350 e. The molecule has 21 heavy (non-hydrogen) atoms. The van der Waals surface area contributed by atoms with Crippen LogP contribution in [0, 0.1) is 0 Å². The number of hydrogen-bond acceptors (Lipinski definition) is 2. The Balaban J connectivity index is 2.39. The van der Waals surface area contributed by atoms with Crippen molar-refractivity contribution in [3.63, 3.8) is 0 Å². The molecule has 1 N–H and O–H groups in total. The lowest BCUT2D eigenvalue weighted by atomic mass is 10.2. The van der Waals surface area contributed by atoms with Crippen LogP contribution in [0.1, 0.15) is 43.5 Å². The van der Waals surface area contributed by atoms with Crippen LogP contribution in [0.25, 0.3) is 0 Å². The lowest BCUT2D eigenvalue weighted by Gasteiger charge is -2.21. The Bertz CT molecular complexity index is 477. The predicted molar refractivity (Wildman–Crippen MR) is 88.3 cm³/mol. The van der Waals surface area contributed by atoms with Crippen LogP contribution in [-0.2, 0) is 4.79 Å². The fourth-order valence-electron chi connectivity index (χ4n) is 2.02. The summed E-state index contributed by atoms with van der Waals surface area (Å²) in [5.74, 6) is -0.0591. The van der Waals surface area contributed by atoms with Crippen molar-refractivity contribution in [1.82, 2.24) is 10.2 Å². The van der Waals surface area contributed by atoms with Gasteiger partial charge in [-0.3, -0.25) is 9.59 Å². The van der Waals surface area contributed by atoms with E-state index in [4.69, 9.17) is 0 Å². The van der Waals surface area contributed by atoms with E-state index in [1.165, 1.54) is 0 Å². The molecule has 1 aromatic carbocycles. The first-order valence-electron chi connectivity index (χ1n) is 7.34. The Kier molecular flexibility index (Phi) is 8.05. The Morgan fingerprint density at radius 2 is 2.00 bits per heavy atom. The summed E-state index contributed by atoms with van der Waals surface area (Å²) in [6.45, 7) is 5.49. The van der Waals surface area contributed by atoms with E-state index in [0.29, 0.717) is 18.7 Å².